The Hall–Kier alpha value is -1.64. The van der Waals surface area contributed by atoms with Crippen LogP contribution in [0.5, 0.6) is 0 Å². The van der Waals surface area contributed by atoms with Gasteiger partial charge in [-0.1, -0.05) is 42.5 Å². The summed E-state index contributed by atoms with van der Waals surface area (Å²) >= 11 is 0. The Morgan fingerprint density at radius 2 is 1.35 bits per heavy atom. The van der Waals surface area contributed by atoms with Gasteiger partial charge in [-0.3, -0.25) is 0 Å². The highest BCUT2D eigenvalue weighted by atomic mass is 14.5. The van der Waals surface area contributed by atoms with Gasteiger partial charge in [-0.25, -0.2) is 0 Å². The third-order valence-electron chi connectivity index (χ3n) is 3.19. The molecule has 0 fully saturated rings. The van der Waals surface area contributed by atoms with Crippen molar-refractivity contribution in [1.82, 2.24) is 0 Å². The fraction of sp³-hybridized carbons (Fsp3) is 0.200. The summed E-state index contributed by atoms with van der Waals surface area (Å²) in [5, 5.41) is 0. The van der Waals surface area contributed by atoms with Gasteiger partial charge in [0.05, 0.1) is 0 Å². The van der Waals surface area contributed by atoms with Gasteiger partial charge in [-0.15, -0.1) is 0 Å². The van der Waals surface area contributed by atoms with E-state index in [-0.39, 0.29) is 0 Å². The van der Waals surface area contributed by atoms with E-state index in [4.69, 9.17) is 11.5 Å². The van der Waals surface area contributed by atoms with Gasteiger partial charge in [0.1, 0.15) is 0 Å². The maximum atomic E-state index is 5.78. The van der Waals surface area contributed by atoms with E-state index in [1.165, 1.54) is 27.8 Å². The molecule has 0 aliphatic rings. The molecule has 0 aromatic heterocycles. The molecule has 0 spiro atoms. The molecule has 0 unspecified atom stereocenters. The summed E-state index contributed by atoms with van der Waals surface area (Å²) in [4.78, 5) is 0. The van der Waals surface area contributed by atoms with Crippen LogP contribution in [0, 0.1) is 6.92 Å². The number of nitrogens with two attached hydrogens (primary N) is 2. The van der Waals surface area contributed by atoms with Crippen LogP contribution in [0.3, 0.4) is 0 Å². The van der Waals surface area contributed by atoms with Crippen molar-refractivity contribution in [3.63, 3.8) is 0 Å². The van der Waals surface area contributed by atoms with E-state index in [9.17, 15) is 0 Å². The predicted octanol–water partition coefficient (Wildman–Crippen LogP) is 2.58. The number of benzene rings is 2. The molecule has 0 saturated heterocycles. The molecule has 2 heteroatoms. The second-order valence-electron chi connectivity index (χ2n) is 4.16. The number of hydrogen-bond acceptors (Lipinski definition) is 2. The third-order valence-corrected chi connectivity index (χ3v) is 3.19. The molecular weight excluding hydrogens is 208 g/mol. The van der Waals surface area contributed by atoms with Crippen LogP contribution in [-0.2, 0) is 13.1 Å². The van der Waals surface area contributed by atoms with Gasteiger partial charge in [0, 0.05) is 13.1 Å². The van der Waals surface area contributed by atoms with Crippen LogP contribution in [0.15, 0.2) is 42.5 Å². The van der Waals surface area contributed by atoms with Crippen LogP contribution >= 0.6 is 0 Å². The number of rotatable bonds is 3. The van der Waals surface area contributed by atoms with Gasteiger partial charge in [0.15, 0.2) is 0 Å². The Kier molecular flexibility index (Phi) is 3.57. The van der Waals surface area contributed by atoms with E-state index < -0.39 is 0 Å². The van der Waals surface area contributed by atoms with Crippen LogP contribution in [0.1, 0.15) is 16.7 Å². The first-order chi connectivity index (χ1) is 8.27. The minimum Gasteiger partial charge on any atom is -0.326 e. The summed E-state index contributed by atoms with van der Waals surface area (Å²) in [5.74, 6) is 0. The van der Waals surface area contributed by atoms with Crippen molar-refractivity contribution in [1.29, 1.82) is 0 Å². The smallest absolute Gasteiger partial charge is 0.0184 e. The van der Waals surface area contributed by atoms with Crippen LogP contribution < -0.4 is 11.5 Å². The first-order valence-corrected chi connectivity index (χ1v) is 5.84. The Morgan fingerprint density at radius 3 is 2.06 bits per heavy atom. The maximum Gasteiger partial charge on any atom is 0.0184 e. The monoisotopic (exact) mass is 226 g/mol. The molecule has 0 saturated carbocycles. The highest BCUT2D eigenvalue weighted by Crippen LogP contribution is 2.28. The van der Waals surface area contributed by atoms with Crippen molar-refractivity contribution in [3.05, 3.63) is 59.2 Å². The molecule has 17 heavy (non-hydrogen) atoms. The molecule has 0 atom stereocenters. The van der Waals surface area contributed by atoms with Crippen molar-refractivity contribution in [2.45, 2.75) is 20.0 Å². The van der Waals surface area contributed by atoms with E-state index in [1.807, 2.05) is 12.1 Å². The van der Waals surface area contributed by atoms with E-state index in [0.29, 0.717) is 13.1 Å². The van der Waals surface area contributed by atoms with Crippen LogP contribution in [0.25, 0.3) is 11.1 Å². The average molecular weight is 226 g/mol. The molecule has 0 amide bonds. The van der Waals surface area contributed by atoms with Crippen molar-refractivity contribution >= 4 is 0 Å². The lowest BCUT2D eigenvalue weighted by Gasteiger charge is -2.13. The van der Waals surface area contributed by atoms with Crippen LogP contribution in [0.2, 0.25) is 0 Å². The minimum atomic E-state index is 0.558. The molecule has 88 valence electrons. The zero-order valence-corrected chi connectivity index (χ0v) is 10.1. The second-order valence-corrected chi connectivity index (χ2v) is 4.16. The van der Waals surface area contributed by atoms with Gasteiger partial charge in [0.25, 0.3) is 0 Å². The average Bonchev–Trinajstić information content (AvgIpc) is 2.39. The Balaban J connectivity index is 2.60. The van der Waals surface area contributed by atoms with E-state index in [1.54, 1.807) is 0 Å². The van der Waals surface area contributed by atoms with Crippen molar-refractivity contribution < 1.29 is 0 Å². The van der Waals surface area contributed by atoms with Crippen LogP contribution in [0.4, 0.5) is 0 Å². The second kappa shape index (κ2) is 5.13. The topological polar surface area (TPSA) is 52.0 Å². The summed E-state index contributed by atoms with van der Waals surface area (Å²) < 4.78 is 0. The fourth-order valence-electron chi connectivity index (χ4n) is 2.16. The standard InChI is InChI=1S/C15H18N2/c1-11-12(9-16)6-4-8-14(11)15-7-3-2-5-13(15)10-17/h2-8H,9-10,16-17H2,1H3. The first-order valence-electron chi connectivity index (χ1n) is 5.84. The highest BCUT2D eigenvalue weighted by molar-refractivity contribution is 5.71. The largest absolute Gasteiger partial charge is 0.326 e. The van der Waals surface area contributed by atoms with Gasteiger partial charge in [-0.2, -0.15) is 0 Å². The molecule has 4 N–H and O–H groups in total. The molecule has 0 heterocycles. The third kappa shape index (κ3) is 2.23. The lowest BCUT2D eigenvalue weighted by molar-refractivity contribution is 1.05. The van der Waals surface area contributed by atoms with Gasteiger partial charge < -0.3 is 11.5 Å². The van der Waals surface area contributed by atoms with Crippen LogP contribution in [-0.4, -0.2) is 0 Å². The van der Waals surface area contributed by atoms with Crippen molar-refractivity contribution in [2.75, 3.05) is 0 Å². The lowest BCUT2D eigenvalue weighted by atomic mass is 9.93. The predicted molar refractivity (Wildman–Crippen MR) is 72.4 cm³/mol. The zero-order chi connectivity index (χ0) is 12.3. The molecule has 0 aliphatic heterocycles. The molecule has 2 rings (SSSR count). The van der Waals surface area contributed by atoms with Gasteiger partial charge in [-0.05, 0) is 34.7 Å². The molecule has 0 radical (unpaired) electrons. The zero-order valence-electron chi connectivity index (χ0n) is 10.1. The summed E-state index contributed by atoms with van der Waals surface area (Å²) in [6, 6.07) is 14.5. The summed E-state index contributed by atoms with van der Waals surface area (Å²) in [7, 11) is 0. The van der Waals surface area contributed by atoms with Crippen molar-refractivity contribution in [2.24, 2.45) is 11.5 Å². The Bertz CT molecular complexity index is 518. The van der Waals surface area contributed by atoms with Gasteiger partial charge in [0.2, 0.25) is 0 Å². The van der Waals surface area contributed by atoms with E-state index in [0.717, 1.165) is 0 Å². The quantitative estimate of drug-likeness (QED) is 0.845. The lowest BCUT2D eigenvalue weighted by Crippen LogP contribution is -2.02. The molecule has 2 aromatic carbocycles. The van der Waals surface area contributed by atoms with E-state index in [2.05, 4.69) is 37.3 Å². The maximum absolute atomic E-state index is 5.78. The first kappa shape index (κ1) is 11.8. The highest BCUT2D eigenvalue weighted by Gasteiger charge is 2.08. The molecular formula is C15H18N2. The fourth-order valence-corrected chi connectivity index (χ4v) is 2.16. The van der Waals surface area contributed by atoms with Crippen molar-refractivity contribution in [3.8, 4) is 11.1 Å². The minimum absolute atomic E-state index is 0.558. The molecule has 0 bridgehead atoms. The summed E-state index contributed by atoms with van der Waals surface area (Å²) in [5.41, 5.74) is 17.6. The Morgan fingerprint density at radius 1 is 0.765 bits per heavy atom. The Labute approximate surface area is 102 Å². The van der Waals surface area contributed by atoms with Gasteiger partial charge >= 0.3 is 0 Å². The molecule has 2 aromatic rings. The number of hydrogen-bond donors (Lipinski definition) is 2. The normalized spacial score (nSPS) is 10.5. The summed E-state index contributed by atoms with van der Waals surface area (Å²) in [6.07, 6.45) is 0. The SMILES string of the molecule is Cc1c(CN)cccc1-c1ccccc1CN. The molecule has 0 aliphatic carbocycles. The summed E-state index contributed by atoms with van der Waals surface area (Å²) in [6.45, 7) is 3.25. The molecule has 2 nitrogen and oxygen atoms in total. The van der Waals surface area contributed by atoms with E-state index >= 15 is 0 Å².